The second-order valence-electron chi connectivity index (χ2n) is 5.10. The van der Waals surface area contributed by atoms with Crippen molar-refractivity contribution in [1.82, 2.24) is 4.72 Å². The normalized spacial score (nSPS) is 15.7. The second-order valence-corrected chi connectivity index (χ2v) is 6.87. The molecule has 0 heterocycles. The van der Waals surface area contributed by atoms with E-state index in [-0.39, 0.29) is 16.1 Å². The molecule has 0 aliphatic heterocycles. The van der Waals surface area contributed by atoms with Crippen molar-refractivity contribution in [2.45, 2.75) is 37.5 Å². The molecule has 0 radical (unpaired) electrons. The Bertz CT molecular complexity index is 545. The maximum Gasteiger partial charge on any atom is 0.240 e. The Balaban J connectivity index is 2.01. The van der Waals surface area contributed by atoms with Gasteiger partial charge in [0.05, 0.1) is 4.90 Å². The Morgan fingerprint density at radius 2 is 2.11 bits per heavy atom. The summed E-state index contributed by atoms with van der Waals surface area (Å²) in [5.74, 6) is 0.176. The van der Waals surface area contributed by atoms with Crippen molar-refractivity contribution in [3.8, 4) is 0 Å². The average Bonchev–Trinajstić information content (AvgIpc) is 3.15. The first kappa shape index (κ1) is 14.3. The van der Waals surface area contributed by atoms with Crippen LogP contribution >= 0.6 is 0 Å². The molecular formula is C13H19FN2O2S. The number of hydrogen-bond acceptors (Lipinski definition) is 3. The van der Waals surface area contributed by atoms with Gasteiger partial charge in [0.15, 0.2) is 0 Å². The SMILES string of the molecule is Cc1c(N)cc(S(=O)(=O)NCCCC2CC2)cc1F. The van der Waals surface area contributed by atoms with E-state index in [0.717, 1.165) is 24.8 Å². The van der Waals surface area contributed by atoms with Gasteiger partial charge < -0.3 is 5.73 Å². The van der Waals surface area contributed by atoms with Gasteiger partial charge in [-0.15, -0.1) is 0 Å². The first-order valence-electron chi connectivity index (χ1n) is 6.45. The summed E-state index contributed by atoms with van der Waals surface area (Å²) in [4.78, 5) is -0.112. The molecule has 0 saturated heterocycles. The highest BCUT2D eigenvalue weighted by molar-refractivity contribution is 7.89. The van der Waals surface area contributed by atoms with Crippen molar-refractivity contribution < 1.29 is 12.8 Å². The van der Waals surface area contributed by atoms with Crippen molar-refractivity contribution >= 4 is 15.7 Å². The summed E-state index contributed by atoms with van der Waals surface area (Å²) in [5, 5.41) is 0. The minimum atomic E-state index is -3.67. The molecule has 1 saturated carbocycles. The van der Waals surface area contributed by atoms with E-state index in [2.05, 4.69) is 4.72 Å². The Labute approximate surface area is 113 Å². The number of anilines is 1. The van der Waals surface area contributed by atoms with Crippen molar-refractivity contribution in [3.05, 3.63) is 23.5 Å². The fourth-order valence-corrected chi connectivity index (χ4v) is 3.04. The number of halogens is 1. The summed E-state index contributed by atoms with van der Waals surface area (Å²) < 4.78 is 39.9. The van der Waals surface area contributed by atoms with Gasteiger partial charge in [0.1, 0.15) is 5.82 Å². The Kier molecular flexibility index (Phi) is 4.10. The summed E-state index contributed by atoms with van der Waals surface area (Å²) in [7, 11) is -3.67. The molecule has 1 aliphatic rings. The molecule has 4 nitrogen and oxygen atoms in total. The van der Waals surface area contributed by atoms with Gasteiger partial charge in [-0.25, -0.2) is 17.5 Å². The standard InChI is InChI=1S/C13H19FN2O2S/c1-9-12(14)7-11(8-13(9)15)19(17,18)16-6-2-3-10-4-5-10/h7-8,10,16H,2-6,15H2,1H3. The second kappa shape index (κ2) is 5.46. The van der Waals surface area contributed by atoms with E-state index in [1.165, 1.54) is 25.8 Å². The predicted octanol–water partition coefficient (Wildman–Crippen LogP) is 2.18. The third-order valence-corrected chi connectivity index (χ3v) is 4.89. The lowest BCUT2D eigenvalue weighted by Crippen LogP contribution is -2.25. The van der Waals surface area contributed by atoms with E-state index in [4.69, 9.17) is 5.73 Å². The molecule has 106 valence electrons. The number of benzene rings is 1. The Morgan fingerprint density at radius 1 is 1.42 bits per heavy atom. The van der Waals surface area contributed by atoms with Crippen molar-refractivity contribution in [2.24, 2.45) is 5.92 Å². The van der Waals surface area contributed by atoms with E-state index in [1.54, 1.807) is 0 Å². The van der Waals surface area contributed by atoms with Gasteiger partial charge in [-0.3, -0.25) is 0 Å². The molecule has 1 fully saturated rings. The minimum absolute atomic E-state index is 0.112. The predicted molar refractivity (Wildman–Crippen MR) is 72.7 cm³/mol. The zero-order chi connectivity index (χ0) is 14.0. The maximum absolute atomic E-state index is 13.5. The van der Waals surface area contributed by atoms with Gasteiger partial charge in [-0.1, -0.05) is 12.8 Å². The number of nitrogens with two attached hydrogens (primary N) is 1. The largest absolute Gasteiger partial charge is 0.398 e. The van der Waals surface area contributed by atoms with Crippen LogP contribution in [0.5, 0.6) is 0 Å². The molecule has 0 aromatic heterocycles. The van der Waals surface area contributed by atoms with Crippen molar-refractivity contribution in [3.63, 3.8) is 0 Å². The number of hydrogen-bond donors (Lipinski definition) is 2. The highest BCUT2D eigenvalue weighted by Gasteiger charge is 2.21. The average molecular weight is 286 g/mol. The van der Waals surface area contributed by atoms with Crippen LogP contribution in [-0.4, -0.2) is 15.0 Å². The summed E-state index contributed by atoms with van der Waals surface area (Å²) in [6.07, 6.45) is 4.37. The van der Waals surface area contributed by atoms with Crippen LogP contribution in [0.1, 0.15) is 31.2 Å². The van der Waals surface area contributed by atoms with Gasteiger partial charge >= 0.3 is 0 Å². The van der Waals surface area contributed by atoms with E-state index >= 15 is 0 Å². The number of nitrogens with one attached hydrogen (secondary N) is 1. The number of sulfonamides is 1. The topological polar surface area (TPSA) is 72.2 Å². The van der Waals surface area contributed by atoms with Crippen LogP contribution in [0, 0.1) is 18.7 Å². The fourth-order valence-electron chi connectivity index (χ4n) is 1.92. The summed E-state index contributed by atoms with van der Waals surface area (Å²) in [5.41, 5.74) is 6.01. The van der Waals surface area contributed by atoms with E-state index in [0.29, 0.717) is 6.54 Å². The molecule has 2 rings (SSSR count). The van der Waals surface area contributed by atoms with Gasteiger partial charge in [0.2, 0.25) is 10.0 Å². The van der Waals surface area contributed by atoms with E-state index in [1.807, 2.05) is 0 Å². The molecule has 0 atom stereocenters. The maximum atomic E-state index is 13.5. The highest BCUT2D eigenvalue weighted by Crippen LogP contribution is 2.33. The number of rotatable bonds is 6. The first-order valence-corrected chi connectivity index (χ1v) is 7.94. The summed E-state index contributed by atoms with van der Waals surface area (Å²) >= 11 is 0. The quantitative estimate of drug-likeness (QED) is 0.622. The molecule has 1 aliphatic carbocycles. The molecule has 0 spiro atoms. The zero-order valence-electron chi connectivity index (χ0n) is 10.9. The van der Waals surface area contributed by atoms with Gasteiger partial charge in [0.25, 0.3) is 0 Å². The van der Waals surface area contributed by atoms with E-state index in [9.17, 15) is 12.8 Å². The molecule has 3 N–H and O–H groups in total. The molecule has 0 bridgehead atoms. The minimum Gasteiger partial charge on any atom is -0.398 e. The van der Waals surface area contributed by atoms with Gasteiger partial charge in [-0.2, -0.15) is 0 Å². The highest BCUT2D eigenvalue weighted by atomic mass is 32.2. The van der Waals surface area contributed by atoms with Crippen LogP contribution in [0.2, 0.25) is 0 Å². The van der Waals surface area contributed by atoms with Crippen LogP contribution in [0.15, 0.2) is 17.0 Å². The van der Waals surface area contributed by atoms with Gasteiger partial charge in [-0.05, 0) is 37.8 Å². The lowest BCUT2D eigenvalue weighted by atomic mass is 10.2. The van der Waals surface area contributed by atoms with Crippen molar-refractivity contribution in [2.75, 3.05) is 12.3 Å². The lowest BCUT2D eigenvalue weighted by Gasteiger charge is -2.09. The fraction of sp³-hybridized carbons (Fsp3) is 0.538. The van der Waals surface area contributed by atoms with Crippen LogP contribution in [-0.2, 0) is 10.0 Å². The zero-order valence-corrected chi connectivity index (χ0v) is 11.8. The molecule has 1 aromatic carbocycles. The molecule has 19 heavy (non-hydrogen) atoms. The third kappa shape index (κ3) is 3.67. The molecule has 1 aromatic rings. The van der Waals surface area contributed by atoms with Crippen LogP contribution in [0.4, 0.5) is 10.1 Å². The molecular weight excluding hydrogens is 267 g/mol. The summed E-state index contributed by atoms with van der Waals surface area (Å²) in [6.45, 7) is 1.90. The van der Waals surface area contributed by atoms with Crippen LogP contribution in [0.3, 0.4) is 0 Å². The van der Waals surface area contributed by atoms with E-state index < -0.39 is 15.8 Å². The van der Waals surface area contributed by atoms with Crippen LogP contribution < -0.4 is 10.5 Å². The number of nitrogen functional groups attached to an aromatic ring is 1. The Hall–Kier alpha value is -1.14. The van der Waals surface area contributed by atoms with Gasteiger partial charge in [0, 0.05) is 17.8 Å². The molecule has 0 unspecified atom stereocenters. The smallest absolute Gasteiger partial charge is 0.240 e. The third-order valence-electron chi connectivity index (χ3n) is 3.45. The Morgan fingerprint density at radius 3 is 2.68 bits per heavy atom. The monoisotopic (exact) mass is 286 g/mol. The van der Waals surface area contributed by atoms with Crippen molar-refractivity contribution in [1.29, 1.82) is 0 Å². The summed E-state index contributed by atoms with van der Waals surface area (Å²) in [6, 6.07) is 2.30. The molecule has 0 amide bonds. The first-order chi connectivity index (χ1) is 8.90. The lowest BCUT2D eigenvalue weighted by molar-refractivity contribution is 0.569. The van der Waals surface area contributed by atoms with Crippen LogP contribution in [0.25, 0.3) is 0 Å². The molecule has 6 heteroatoms.